The Morgan fingerprint density at radius 2 is 2.00 bits per heavy atom. The van der Waals surface area contributed by atoms with Crippen LogP contribution in [-0.2, 0) is 0 Å². The topological polar surface area (TPSA) is 58.3 Å². The van der Waals surface area contributed by atoms with Crippen LogP contribution in [0.2, 0.25) is 0 Å². The molecule has 3 rings (SSSR count). The molecule has 0 aromatic carbocycles. The van der Waals surface area contributed by atoms with E-state index in [4.69, 9.17) is 5.73 Å². The van der Waals surface area contributed by atoms with Gasteiger partial charge in [0.2, 0.25) is 5.13 Å². The Morgan fingerprint density at radius 1 is 1.24 bits per heavy atom. The number of piperazine rings is 1. The molecule has 1 aliphatic heterocycles. The minimum Gasteiger partial charge on any atom is -0.344 e. The molecule has 1 saturated heterocycles. The third kappa shape index (κ3) is 2.59. The first kappa shape index (κ1) is 11.4. The molecule has 1 aliphatic carbocycles. The van der Waals surface area contributed by atoms with E-state index in [1.54, 1.807) is 11.5 Å². The van der Waals surface area contributed by atoms with Crippen molar-refractivity contribution in [1.29, 1.82) is 0 Å². The van der Waals surface area contributed by atoms with Crippen molar-refractivity contribution in [1.82, 2.24) is 14.3 Å². The summed E-state index contributed by atoms with van der Waals surface area (Å²) in [5.41, 5.74) is 5.57. The van der Waals surface area contributed by atoms with Crippen molar-refractivity contribution in [2.75, 3.05) is 44.2 Å². The molecule has 94 valence electrons. The maximum atomic E-state index is 5.57. The SMILES string of the molecule is NCCN1CCN(c2nc(C3CC3)ns2)CC1. The maximum Gasteiger partial charge on any atom is 0.205 e. The highest BCUT2D eigenvalue weighted by molar-refractivity contribution is 7.09. The Bertz CT molecular complexity index is 368. The van der Waals surface area contributed by atoms with Gasteiger partial charge in [-0.3, -0.25) is 4.90 Å². The summed E-state index contributed by atoms with van der Waals surface area (Å²) in [5, 5.41) is 1.11. The van der Waals surface area contributed by atoms with E-state index in [0.717, 1.165) is 50.2 Å². The number of aromatic nitrogens is 2. The Labute approximate surface area is 106 Å². The molecule has 2 N–H and O–H groups in total. The fourth-order valence-corrected chi connectivity index (χ4v) is 3.01. The number of rotatable bonds is 4. The molecule has 1 aromatic rings. The summed E-state index contributed by atoms with van der Waals surface area (Å²) < 4.78 is 4.46. The molecular formula is C11H19N5S. The fourth-order valence-electron chi connectivity index (χ4n) is 2.21. The normalized spacial score (nSPS) is 22.1. The Kier molecular flexibility index (Phi) is 3.26. The van der Waals surface area contributed by atoms with Gasteiger partial charge in [-0.2, -0.15) is 4.37 Å². The summed E-state index contributed by atoms with van der Waals surface area (Å²) in [6.45, 7) is 6.06. The second kappa shape index (κ2) is 4.88. The second-order valence-electron chi connectivity index (χ2n) is 4.83. The van der Waals surface area contributed by atoms with Crippen LogP contribution in [0, 0.1) is 0 Å². The number of nitrogens with zero attached hydrogens (tertiary/aromatic N) is 4. The van der Waals surface area contributed by atoms with Crippen molar-refractivity contribution in [3.63, 3.8) is 0 Å². The van der Waals surface area contributed by atoms with Crippen molar-refractivity contribution < 1.29 is 0 Å². The van der Waals surface area contributed by atoms with E-state index in [9.17, 15) is 0 Å². The smallest absolute Gasteiger partial charge is 0.205 e. The summed E-state index contributed by atoms with van der Waals surface area (Å²) >= 11 is 1.56. The van der Waals surface area contributed by atoms with Gasteiger partial charge < -0.3 is 10.6 Å². The summed E-state index contributed by atoms with van der Waals surface area (Å²) in [6.07, 6.45) is 2.56. The van der Waals surface area contributed by atoms with Crippen molar-refractivity contribution in [2.24, 2.45) is 5.73 Å². The number of hydrogen-bond donors (Lipinski definition) is 1. The van der Waals surface area contributed by atoms with E-state index < -0.39 is 0 Å². The number of anilines is 1. The van der Waals surface area contributed by atoms with Crippen LogP contribution in [0.5, 0.6) is 0 Å². The molecule has 5 nitrogen and oxygen atoms in total. The summed E-state index contributed by atoms with van der Waals surface area (Å²) in [7, 11) is 0. The first-order valence-electron chi connectivity index (χ1n) is 6.38. The third-order valence-corrected chi connectivity index (χ3v) is 4.25. The van der Waals surface area contributed by atoms with Crippen molar-refractivity contribution >= 4 is 16.7 Å². The average molecular weight is 253 g/mol. The maximum absolute atomic E-state index is 5.57. The predicted octanol–water partition coefficient (Wildman–Crippen LogP) is 0.496. The highest BCUT2D eigenvalue weighted by Crippen LogP contribution is 2.39. The van der Waals surface area contributed by atoms with Gasteiger partial charge in [0, 0.05) is 56.7 Å². The quantitative estimate of drug-likeness (QED) is 0.846. The molecule has 0 amide bonds. The van der Waals surface area contributed by atoms with E-state index in [1.165, 1.54) is 12.8 Å². The predicted molar refractivity (Wildman–Crippen MR) is 69.6 cm³/mol. The van der Waals surface area contributed by atoms with Gasteiger partial charge in [-0.05, 0) is 12.8 Å². The summed E-state index contributed by atoms with van der Waals surface area (Å²) in [6, 6.07) is 0. The zero-order chi connectivity index (χ0) is 11.7. The highest BCUT2D eigenvalue weighted by Gasteiger charge is 2.29. The molecule has 0 spiro atoms. The summed E-state index contributed by atoms with van der Waals surface area (Å²) in [4.78, 5) is 9.43. The minimum atomic E-state index is 0.665. The molecule has 2 fully saturated rings. The average Bonchev–Trinajstić information content (AvgIpc) is 3.09. The Hall–Kier alpha value is -0.720. The Balaban J connectivity index is 1.57. The van der Waals surface area contributed by atoms with E-state index in [-0.39, 0.29) is 0 Å². The van der Waals surface area contributed by atoms with Crippen LogP contribution in [0.15, 0.2) is 0 Å². The second-order valence-corrected chi connectivity index (χ2v) is 5.56. The standard InChI is InChI=1S/C11H19N5S/c12-3-4-15-5-7-16(8-6-15)11-13-10(14-17-11)9-1-2-9/h9H,1-8,12H2. The van der Waals surface area contributed by atoms with E-state index >= 15 is 0 Å². The lowest BCUT2D eigenvalue weighted by molar-refractivity contribution is 0.265. The van der Waals surface area contributed by atoms with Gasteiger partial charge in [-0.25, -0.2) is 4.98 Å². The lowest BCUT2D eigenvalue weighted by atomic mass is 10.3. The lowest BCUT2D eigenvalue weighted by Crippen LogP contribution is -2.47. The molecule has 6 heteroatoms. The van der Waals surface area contributed by atoms with E-state index in [2.05, 4.69) is 19.2 Å². The minimum absolute atomic E-state index is 0.665. The fraction of sp³-hybridized carbons (Fsp3) is 0.818. The Morgan fingerprint density at radius 3 is 2.65 bits per heavy atom. The van der Waals surface area contributed by atoms with Crippen molar-refractivity contribution in [3.8, 4) is 0 Å². The number of hydrogen-bond acceptors (Lipinski definition) is 6. The molecule has 0 radical (unpaired) electrons. The molecule has 2 aliphatic rings. The van der Waals surface area contributed by atoms with Crippen molar-refractivity contribution in [3.05, 3.63) is 5.82 Å². The van der Waals surface area contributed by atoms with Gasteiger partial charge in [-0.1, -0.05) is 0 Å². The zero-order valence-electron chi connectivity index (χ0n) is 10.0. The van der Waals surface area contributed by atoms with Crippen LogP contribution in [0.1, 0.15) is 24.6 Å². The van der Waals surface area contributed by atoms with Crippen LogP contribution >= 0.6 is 11.5 Å². The van der Waals surface area contributed by atoms with Crippen molar-refractivity contribution in [2.45, 2.75) is 18.8 Å². The van der Waals surface area contributed by atoms with E-state index in [0.29, 0.717) is 5.92 Å². The molecule has 1 saturated carbocycles. The van der Waals surface area contributed by atoms with Crippen LogP contribution in [0.25, 0.3) is 0 Å². The van der Waals surface area contributed by atoms with Gasteiger partial charge in [0.25, 0.3) is 0 Å². The van der Waals surface area contributed by atoms with Gasteiger partial charge in [0.1, 0.15) is 5.82 Å². The first-order valence-corrected chi connectivity index (χ1v) is 7.15. The van der Waals surface area contributed by atoms with Gasteiger partial charge in [-0.15, -0.1) is 0 Å². The van der Waals surface area contributed by atoms with Gasteiger partial charge in [0.15, 0.2) is 0 Å². The molecule has 17 heavy (non-hydrogen) atoms. The first-order chi connectivity index (χ1) is 8.36. The molecule has 0 unspecified atom stereocenters. The molecule has 0 atom stereocenters. The molecule has 0 bridgehead atoms. The zero-order valence-corrected chi connectivity index (χ0v) is 10.8. The number of nitrogens with two attached hydrogens (primary N) is 1. The van der Waals surface area contributed by atoms with Crippen LogP contribution in [0.4, 0.5) is 5.13 Å². The third-order valence-electron chi connectivity index (χ3n) is 3.46. The lowest BCUT2D eigenvalue weighted by Gasteiger charge is -2.33. The largest absolute Gasteiger partial charge is 0.344 e. The molecule has 1 aromatic heterocycles. The van der Waals surface area contributed by atoms with E-state index in [1.807, 2.05) is 0 Å². The van der Waals surface area contributed by atoms with Crippen LogP contribution in [-0.4, -0.2) is 53.5 Å². The van der Waals surface area contributed by atoms with Gasteiger partial charge >= 0.3 is 0 Å². The summed E-state index contributed by atoms with van der Waals surface area (Å²) in [5.74, 6) is 1.74. The monoisotopic (exact) mass is 253 g/mol. The van der Waals surface area contributed by atoms with Crippen LogP contribution in [0.3, 0.4) is 0 Å². The van der Waals surface area contributed by atoms with Crippen LogP contribution < -0.4 is 10.6 Å². The molecular weight excluding hydrogens is 234 g/mol. The molecule has 2 heterocycles. The van der Waals surface area contributed by atoms with Gasteiger partial charge in [0.05, 0.1) is 0 Å². The highest BCUT2D eigenvalue weighted by atomic mass is 32.1.